The Kier molecular flexibility index (Phi) is 2.49. The van der Waals surface area contributed by atoms with E-state index in [1.807, 2.05) is 0 Å². The van der Waals surface area contributed by atoms with Gasteiger partial charge in [0.1, 0.15) is 0 Å². The summed E-state index contributed by atoms with van der Waals surface area (Å²) in [5.41, 5.74) is 1.03. The SMILES string of the molecule is O=C(O)c1cc([C@@H]2CCCNC2)[nH]n1. The van der Waals surface area contributed by atoms with Gasteiger partial charge < -0.3 is 10.4 Å². The number of hydrogen-bond donors (Lipinski definition) is 3. The molecule has 1 aromatic heterocycles. The number of H-pyrrole nitrogens is 1. The summed E-state index contributed by atoms with van der Waals surface area (Å²) in [5, 5.41) is 18.5. The summed E-state index contributed by atoms with van der Waals surface area (Å²) in [5.74, 6) is -0.597. The van der Waals surface area contributed by atoms with Crippen LogP contribution in [0.4, 0.5) is 0 Å². The van der Waals surface area contributed by atoms with Gasteiger partial charge in [-0.2, -0.15) is 5.10 Å². The van der Waals surface area contributed by atoms with Crippen LogP contribution in [0.2, 0.25) is 0 Å². The number of nitrogens with one attached hydrogen (secondary N) is 2. The lowest BCUT2D eigenvalue weighted by molar-refractivity contribution is 0.0690. The Morgan fingerprint density at radius 3 is 3.07 bits per heavy atom. The second kappa shape index (κ2) is 3.79. The van der Waals surface area contributed by atoms with Gasteiger partial charge in [0.15, 0.2) is 5.69 Å². The van der Waals surface area contributed by atoms with Crippen molar-refractivity contribution in [1.82, 2.24) is 15.5 Å². The minimum absolute atomic E-state index is 0.102. The molecule has 1 aliphatic heterocycles. The Hall–Kier alpha value is -1.36. The molecule has 1 fully saturated rings. The summed E-state index contributed by atoms with van der Waals surface area (Å²) in [6.45, 7) is 1.96. The summed E-state index contributed by atoms with van der Waals surface area (Å²) in [7, 11) is 0. The Labute approximate surface area is 81.5 Å². The number of hydrogen-bond acceptors (Lipinski definition) is 3. The lowest BCUT2D eigenvalue weighted by Gasteiger charge is -2.20. The van der Waals surface area contributed by atoms with Crippen molar-refractivity contribution in [3.8, 4) is 0 Å². The van der Waals surface area contributed by atoms with E-state index in [1.54, 1.807) is 6.07 Å². The smallest absolute Gasteiger partial charge is 0.356 e. The van der Waals surface area contributed by atoms with Crippen molar-refractivity contribution in [3.63, 3.8) is 0 Å². The molecule has 76 valence electrons. The first-order chi connectivity index (χ1) is 6.77. The zero-order valence-electron chi connectivity index (χ0n) is 7.79. The molecule has 0 amide bonds. The predicted octanol–water partition coefficient (Wildman–Crippen LogP) is 0.575. The summed E-state index contributed by atoms with van der Waals surface area (Å²) in [6, 6.07) is 1.62. The van der Waals surface area contributed by atoms with Gasteiger partial charge in [-0.1, -0.05) is 0 Å². The first kappa shape index (κ1) is 9.21. The van der Waals surface area contributed by atoms with Crippen LogP contribution >= 0.6 is 0 Å². The molecule has 0 unspecified atom stereocenters. The molecule has 0 aromatic carbocycles. The molecular formula is C9H13N3O2. The fourth-order valence-corrected chi connectivity index (χ4v) is 1.77. The molecule has 2 rings (SSSR count). The molecule has 0 aliphatic carbocycles. The minimum atomic E-state index is -0.976. The number of carbonyl (C=O) groups is 1. The average Bonchev–Trinajstić information content (AvgIpc) is 2.68. The van der Waals surface area contributed by atoms with Gasteiger partial charge in [0, 0.05) is 18.2 Å². The Morgan fingerprint density at radius 2 is 2.50 bits per heavy atom. The van der Waals surface area contributed by atoms with E-state index >= 15 is 0 Å². The normalized spacial score (nSPS) is 22.1. The van der Waals surface area contributed by atoms with Crippen LogP contribution in [0.15, 0.2) is 6.07 Å². The van der Waals surface area contributed by atoms with Gasteiger partial charge in [-0.25, -0.2) is 4.79 Å². The first-order valence-electron chi connectivity index (χ1n) is 4.76. The van der Waals surface area contributed by atoms with Gasteiger partial charge in [0.05, 0.1) is 0 Å². The van der Waals surface area contributed by atoms with Crippen molar-refractivity contribution in [2.45, 2.75) is 18.8 Å². The van der Waals surface area contributed by atoms with E-state index in [2.05, 4.69) is 15.5 Å². The Morgan fingerprint density at radius 1 is 1.64 bits per heavy atom. The molecule has 1 atom stereocenters. The van der Waals surface area contributed by atoms with Crippen molar-refractivity contribution in [2.24, 2.45) is 0 Å². The number of aromatic amines is 1. The lowest BCUT2D eigenvalue weighted by atomic mass is 9.96. The number of aromatic nitrogens is 2. The molecule has 14 heavy (non-hydrogen) atoms. The fourth-order valence-electron chi connectivity index (χ4n) is 1.77. The first-order valence-corrected chi connectivity index (χ1v) is 4.76. The van der Waals surface area contributed by atoms with E-state index in [4.69, 9.17) is 5.11 Å². The monoisotopic (exact) mass is 195 g/mol. The highest BCUT2D eigenvalue weighted by atomic mass is 16.4. The van der Waals surface area contributed by atoms with Crippen LogP contribution in [0.5, 0.6) is 0 Å². The standard InChI is InChI=1S/C9H13N3O2/c13-9(14)8-4-7(11-12-8)6-2-1-3-10-5-6/h4,6,10H,1-3,5H2,(H,11,12)(H,13,14)/t6-/m1/s1. The molecular weight excluding hydrogens is 182 g/mol. The minimum Gasteiger partial charge on any atom is -0.476 e. The molecule has 1 saturated heterocycles. The second-order valence-corrected chi connectivity index (χ2v) is 3.56. The molecule has 1 aromatic rings. The second-order valence-electron chi connectivity index (χ2n) is 3.56. The highest BCUT2D eigenvalue weighted by molar-refractivity contribution is 5.85. The molecule has 5 nitrogen and oxygen atoms in total. The summed E-state index contributed by atoms with van der Waals surface area (Å²) >= 11 is 0. The maximum Gasteiger partial charge on any atom is 0.356 e. The Bertz CT molecular complexity index is 329. The molecule has 2 heterocycles. The highest BCUT2D eigenvalue weighted by Crippen LogP contribution is 2.21. The number of nitrogens with zero attached hydrogens (tertiary/aromatic N) is 1. The fraction of sp³-hybridized carbons (Fsp3) is 0.556. The molecule has 1 aliphatic rings. The zero-order valence-corrected chi connectivity index (χ0v) is 7.79. The third-order valence-electron chi connectivity index (χ3n) is 2.55. The van der Waals surface area contributed by atoms with Gasteiger partial charge in [-0.3, -0.25) is 5.10 Å². The largest absolute Gasteiger partial charge is 0.476 e. The van der Waals surface area contributed by atoms with Crippen molar-refractivity contribution in [3.05, 3.63) is 17.5 Å². The summed E-state index contributed by atoms with van der Waals surface area (Å²) in [4.78, 5) is 10.6. The van der Waals surface area contributed by atoms with Crippen LogP contribution in [-0.4, -0.2) is 34.4 Å². The lowest BCUT2D eigenvalue weighted by Crippen LogP contribution is -2.28. The molecule has 3 N–H and O–H groups in total. The van der Waals surface area contributed by atoms with Gasteiger partial charge in [0.2, 0.25) is 0 Å². The Balaban J connectivity index is 2.11. The van der Waals surface area contributed by atoms with E-state index < -0.39 is 5.97 Å². The maximum atomic E-state index is 10.6. The van der Waals surface area contributed by atoms with Crippen LogP contribution in [0.1, 0.15) is 34.9 Å². The summed E-state index contributed by atoms with van der Waals surface area (Å²) < 4.78 is 0. The van der Waals surface area contributed by atoms with Crippen LogP contribution in [-0.2, 0) is 0 Å². The molecule has 0 bridgehead atoms. The van der Waals surface area contributed by atoms with Crippen LogP contribution in [0.25, 0.3) is 0 Å². The topological polar surface area (TPSA) is 78.0 Å². The van der Waals surface area contributed by atoms with Crippen LogP contribution in [0, 0.1) is 0 Å². The van der Waals surface area contributed by atoms with Gasteiger partial charge >= 0.3 is 5.97 Å². The number of aromatic carboxylic acids is 1. The van der Waals surface area contributed by atoms with E-state index in [1.165, 1.54) is 0 Å². The van der Waals surface area contributed by atoms with E-state index in [0.717, 1.165) is 31.6 Å². The van der Waals surface area contributed by atoms with Crippen LogP contribution < -0.4 is 5.32 Å². The zero-order chi connectivity index (χ0) is 9.97. The number of carboxylic acid groups (broad SMARTS) is 1. The van der Waals surface area contributed by atoms with Gasteiger partial charge in [-0.15, -0.1) is 0 Å². The highest BCUT2D eigenvalue weighted by Gasteiger charge is 2.18. The third kappa shape index (κ3) is 1.77. The van der Waals surface area contributed by atoms with Crippen molar-refractivity contribution in [1.29, 1.82) is 0 Å². The molecule has 0 spiro atoms. The van der Waals surface area contributed by atoms with Crippen molar-refractivity contribution >= 4 is 5.97 Å². The molecule has 0 saturated carbocycles. The number of piperidine rings is 1. The van der Waals surface area contributed by atoms with Crippen molar-refractivity contribution < 1.29 is 9.90 Å². The predicted molar refractivity (Wildman–Crippen MR) is 50.4 cm³/mol. The van der Waals surface area contributed by atoms with Gasteiger partial charge in [-0.05, 0) is 25.5 Å². The molecule has 0 radical (unpaired) electrons. The van der Waals surface area contributed by atoms with E-state index in [9.17, 15) is 4.79 Å². The summed E-state index contributed by atoms with van der Waals surface area (Å²) in [6.07, 6.45) is 2.22. The molecule has 5 heteroatoms. The number of rotatable bonds is 2. The van der Waals surface area contributed by atoms with E-state index in [-0.39, 0.29) is 5.69 Å². The van der Waals surface area contributed by atoms with Gasteiger partial charge in [0.25, 0.3) is 0 Å². The number of carboxylic acids is 1. The average molecular weight is 195 g/mol. The van der Waals surface area contributed by atoms with Crippen molar-refractivity contribution in [2.75, 3.05) is 13.1 Å². The van der Waals surface area contributed by atoms with Crippen LogP contribution in [0.3, 0.4) is 0 Å². The quantitative estimate of drug-likeness (QED) is 0.645. The van der Waals surface area contributed by atoms with E-state index in [0.29, 0.717) is 5.92 Å². The third-order valence-corrected chi connectivity index (χ3v) is 2.55. The maximum absolute atomic E-state index is 10.6.